The van der Waals surface area contributed by atoms with Crippen molar-refractivity contribution < 1.29 is 4.52 Å². The predicted octanol–water partition coefficient (Wildman–Crippen LogP) is 4.48. The molecule has 0 aliphatic rings. The van der Waals surface area contributed by atoms with Crippen molar-refractivity contribution in [2.24, 2.45) is 0 Å². The Kier molecular flexibility index (Phi) is 4.08. The summed E-state index contributed by atoms with van der Waals surface area (Å²) in [5, 5.41) is 16.7. The second kappa shape index (κ2) is 6.33. The monoisotopic (exact) mass is 309 g/mol. The fraction of sp³-hybridized carbons (Fsp3) is 0.0588. The zero-order valence-electron chi connectivity index (χ0n) is 11.6. The van der Waals surface area contributed by atoms with Crippen LogP contribution in [-0.4, -0.2) is 5.16 Å². The van der Waals surface area contributed by atoms with E-state index in [1.54, 1.807) is 12.1 Å². The molecule has 5 heteroatoms. The minimum absolute atomic E-state index is 0.439. The summed E-state index contributed by atoms with van der Waals surface area (Å²) in [6, 6.07) is 19.0. The van der Waals surface area contributed by atoms with E-state index in [1.807, 2.05) is 42.5 Å². The molecule has 3 rings (SSSR count). The maximum absolute atomic E-state index is 8.97. The van der Waals surface area contributed by atoms with Gasteiger partial charge in [0.2, 0.25) is 0 Å². The highest BCUT2D eigenvalue weighted by Gasteiger charge is 2.07. The van der Waals surface area contributed by atoms with Gasteiger partial charge in [-0.15, -0.1) is 0 Å². The van der Waals surface area contributed by atoms with E-state index >= 15 is 0 Å². The molecule has 1 aromatic heterocycles. The van der Waals surface area contributed by atoms with Gasteiger partial charge in [-0.1, -0.05) is 47.1 Å². The molecule has 4 nitrogen and oxygen atoms in total. The van der Waals surface area contributed by atoms with Crippen molar-refractivity contribution in [2.75, 3.05) is 5.32 Å². The molecule has 0 saturated heterocycles. The standard InChI is InChI=1S/C17H12ClN3O/c18-16-7-6-14(8-13(16)10-19)20-11-15-9-17(21-22-15)12-4-2-1-3-5-12/h1-9,20H,11H2. The normalized spacial score (nSPS) is 10.2. The second-order valence-electron chi connectivity index (χ2n) is 4.70. The molecule has 0 fully saturated rings. The summed E-state index contributed by atoms with van der Waals surface area (Å²) in [5.74, 6) is 0.715. The van der Waals surface area contributed by atoms with Gasteiger partial charge in [0.25, 0.3) is 0 Å². The largest absolute Gasteiger partial charge is 0.378 e. The van der Waals surface area contributed by atoms with Crippen molar-refractivity contribution in [2.45, 2.75) is 6.54 Å². The highest BCUT2D eigenvalue weighted by molar-refractivity contribution is 6.31. The Balaban J connectivity index is 1.70. The van der Waals surface area contributed by atoms with Crippen LogP contribution in [0.3, 0.4) is 0 Å². The molecule has 2 aromatic carbocycles. The molecular weight excluding hydrogens is 298 g/mol. The number of hydrogen-bond donors (Lipinski definition) is 1. The number of halogens is 1. The minimum Gasteiger partial charge on any atom is -0.378 e. The lowest BCUT2D eigenvalue weighted by atomic mass is 10.1. The van der Waals surface area contributed by atoms with Crippen LogP contribution in [0.5, 0.6) is 0 Å². The van der Waals surface area contributed by atoms with Gasteiger partial charge in [-0.2, -0.15) is 5.26 Å². The first-order valence-corrected chi connectivity index (χ1v) is 7.08. The number of hydrogen-bond acceptors (Lipinski definition) is 4. The van der Waals surface area contributed by atoms with E-state index in [9.17, 15) is 0 Å². The molecule has 0 unspecified atom stereocenters. The first kappa shape index (κ1) is 14.2. The summed E-state index contributed by atoms with van der Waals surface area (Å²) >= 11 is 5.91. The number of rotatable bonds is 4. The fourth-order valence-corrected chi connectivity index (χ4v) is 2.21. The van der Waals surface area contributed by atoms with Crippen LogP contribution in [0.4, 0.5) is 5.69 Å². The number of nitrogens with zero attached hydrogens (tertiary/aromatic N) is 2. The molecule has 0 bridgehead atoms. The number of benzene rings is 2. The van der Waals surface area contributed by atoms with E-state index in [4.69, 9.17) is 21.4 Å². The van der Waals surface area contributed by atoms with Gasteiger partial charge in [0, 0.05) is 17.3 Å². The van der Waals surface area contributed by atoms with Crippen LogP contribution in [-0.2, 0) is 6.54 Å². The van der Waals surface area contributed by atoms with E-state index in [2.05, 4.69) is 16.5 Å². The van der Waals surface area contributed by atoms with Crippen molar-refractivity contribution in [1.29, 1.82) is 5.26 Å². The summed E-state index contributed by atoms with van der Waals surface area (Å²) in [5.41, 5.74) is 3.05. The summed E-state index contributed by atoms with van der Waals surface area (Å²) in [6.07, 6.45) is 0. The lowest BCUT2D eigenvalue weighted by molar-refractivity contribution is 0.390. The molecule has 3 aromatic rings. The summed E-state index contributed by atoms with van der Waals surface area (Å²) in [7, 11) is 0. The van der Waals surface area contributed by atoms with E-state index in [1.165, 1.54) is 0 Å². The second-order valence-corrected chi connectivity index (χ2v) is 5.11. The maximum atomic E-state index is 8.97. The van der Waals surface area contributed by atoms with E-state index in [0.29, 0.717) is 22.9 Å². The summed E-state index contributed by atoms with van der Waals surface area (Å²) in [6.45, 7) is 0.479. The van der Waals surface area contributed by atoms with Gasteiger partial charge in [-0.3, -0.25) is 0 Å². The highest BCUT2D eigenvalue weighted by atomic mass is 35.5. The van der Waals surface area contributed by atoms with Gasteiger partial charge in [0.05, 0.1) is 17.1 Å². The van der Waals surface area contributed by atoms with Gasteiger partial charge in [0.1, 0.15) is 11.8 Å². The van der Waals surface area contributed by atoms with Crippen molar-refractivity contribution in [1.82, 2.24) is 5.16 Å². The topological polar surface area (TPSA) is 61.9 Å². The molecule has 0 amide bonds. The first-order chi connectivity index (χ1) is 10.8. The van der Waals surface area contributed by atoms with E-state index in [0.717, 1.165) is 16.9 Å². The minimum atomic E-state index is 0.439. The smallest absolute Gasteiger partial charge is 0.156 e. The third-order valence-corrected chi connectivity index (χ3v) is 3.51. The van der Waals surface area contributed by atoms with Gasteiger partial charge >= 0.3 is 0 Å². The molecule has 1 N–H and O–H groups in total. The SMILES string of the molecule is N#Cc1cc(NCc2cc(-c3ccccc3)no2)ccc1Cl. The Morgan fingerprint density at radius 3 is 2.73 bits per heavy atom. The molecule has 0 spiro atoms. The van der Waals surface area contributed by atoms with Crippen LogP contribution in [0.2, 0.25) is 5.02 Å². The Bertz CT molecular complexity index is 821. The quantitative estimate of drug-likeness (QED) is 0.772. The Labute approximate surface area is 132 Å². The zero-order chi connectivity index (χ0) is 15.4. The molecule has 0 radical (unpaired) electrons. The van der Waals surface area contributed by atoms with Crippen molar-refractivity contribution in [3.63, 3.8) is 0 Å². The van der Waals surface area contributed by atoms with E-state index < -0.39 is 0 Å². The molecule has 108 valence electrons. The van der Waals surface area contributed by atoms with Crippen LogP contribution < -0.4 is 5.32 Å². The van der Waals surface area contributed by atoms with Crippen molar-refractivity contribution >= 4 is 17.3 Å². The molecular formula is C17H12ClN3O. The molecule has 0 aliphatic heterocycles. The maximum Gasteiger partial charge on any atom is 0.156 e. The number of anilines is 1. The Morgan fingerprint density at radius 1 is 1.14 bits per heavy atom. The van der Waals surface area contributed by atoms with Crippen molar-refractivity contribution in [3.8, 4) is 17.3 Å². The van der Waals surface area contributed by atoms with Gasteiger partial charge in [-0.25, -0.2) is 0 Å². The molecule has 0 aliphatic carbocycles. The highest BCUT2D eigenvalue weighted by Crippen LogP contribution is 2.22. The van der Waals surface area contributed by atoms with Gasteiger partial charge in [-0.05, 0) is 18.2 Å². The number of aromatic nitrogens is 1. The molecule has 22 heavy (non-hydrogen) atoms. The van der Waals surface area contributed by atoms with Crippen LogP contribution >= 0.6 is 11.6 Å². The van der Waals surface area contributed by atoms with E-state index in [-0.39, 0.29) is 0 Å². The average Bonchev–Trinajstić information content (AvgIpc) is 3.04. The first-order valence-electron chi connectivity index (χ1n) is 6.71. The lowest BCUT2D eigenvalue weighted by Gasteiger charge is -2.04. The average molecular weight is 310 g/mol. The third kappa shape index (κ3) is 3.11. The van der Waals surface area contributed by atoms with Crippen molar-refractivity contribution in [3.05, 3.63) is 70.9 Å². The van der Waals surface area contributed by atoms with Crippen LogP contribution in [0.15, 0.2) is 59.1 Å². The fourth-order valence-electron chi connectivity index (χ4n) is 2.05. The van der Waals surface area contributed by atoms with Crippen LogP contribution in [0.25, 0.3) is 11.3 Å². The summed E-state index contributed by atoms with van der Waals surface area (Å²) in [4.78, 5) is 0. The number of nitriles is 1. The Morgan fingerprint density at radius 2 is 1.95 bits per heavy atom. The lowest BCUT2D eigenvalue weighted by Crippen LogP contribution is -1.98. The number of nitrogens with one attached hydrogen (secondary N) is 1. The zero-order valence-corrected chi connectivity index (χ0v) is 12.3. The Hall–Kier alpha value is -2.77. The molecule has 0 atom stereocenters. The van der Waals surface area contributed by atoms with Crippen LogP contribution in [0, 0.1) is 11.3 Å². The van der Waals surface area contributed by atoms with Gasteiger partial charge < -0.3 is 9.84 Å². The third-order valence-electron chi connectivity index (χ3n) is 3.18. The molecule has 0 saturated carbocycles. The molecule has 1 heterocycles. The van der Waals surface area contributed by atoms with Gasteiger partial charge in [0.15, 0.2) is 5.76 Å². The van der Waals surface area contributed by atoms with Crippen LogP contribution in [0.1, 0.15) is 11.3 Å². The predicted molar refractivity (Wildman–Crippen MR) is 85.4 cm³/mol. The summed E-state index contributed by atoms with van der Waals surface area (Å²) < 4.78 is 5.32.